The first-order chi connectivity index (χ1) is 10.1. The number of aryl methyl sites for hydroxylation is 1. The first kappa shape index (κ1) is 13.8. The quantitative estimate of drug-likeness (QED) is 0.742. The number of aromatic nitrogens is 3. The van der Waals surface area contributed by atoms with E-state index in [2.05, 4.69) is 15.1 Å². The van der Waals surface area contributed by atoms with Crippen LogP contribution in [0.4, 0.5) is 10.1 Å². The lowest BCUT2D eigenvalue weighted by Gasteiger charge is -2.18. The van der Waals surface area contributed by atoms with Crippen molar-refractivity contribution in [3.05, 3.63) is 47.0 Å². The molecule has 0 amide bonds. The van der Waals surface area contributed by atoms with Gasteiger partial charge in [-0.3, -0.25) is 4.98 Å². The van der Waals surface area contributed by atoms with Crippen LogP contribution in [0.2, 0.25) is 5.02 Å². The fraction of sp³-hybridized carbons (Fsp3) is 0.214. The summed E-state index contributed by atoms with van der Waals surface area (Å²) in [5, 5.41) is 4.86. The highest BCUT2D eigenvalue weighted by molar-refractivity contribution is 6.35. The topological polar surface area (TPSA) is 55.1 Å². The zero-order valence-electron chi connectivity index (χ0n) is 11.5. The number of pyridine rings is 1. The SMILES string of the molecule is Cc1nc(CN(C)c2ccc3c(Cl)ccnc3c2F)no1. The second-order valence-electron chi connectivity index (χ2n) is 4.67. The Bertz CT molecular complexity index is 805. The van der Waals surface area contributed by atoms with Gasteiger partial charge in [-0.25, -0.2) is 4.39 Å². The van der Waals surface area contributed by atoms with Gasteiger partial charge in [-0.1, -0.05) is 16.8 Å². The average Bonchev–Trinajstić information content (AvgIpc) is 2.85. The van der Waals surface area contributed by atoms with Gasteiger partial charge in [0, 0.05) is 25.6 Å². The summed E-state index contributed by atoms with van der Waals surface area (Å²) in [5.41, 5.74) is 0.649. The number of anilines is 1. The predicted octanol–water partition coefficient (Wildman–Crippen LogP) is 3.36. The molecule has 0 N–H and O–H groups in total. The number of hydrogen-bond acceptors (Lipinski definition) is 5. The molecule has 2 aromatic heterocycles. The largest absolute Gasteiger partial charge is 0.364 e. The summed E-state index contributed by atoms with van der Waals surface area (Å²) in [5.74, 6) is 0.553. The van der Waals surface area contributed by atoms with Crippen LogP contribution >= 0.6 is 11.6 Å². The maximum absolute atomic E-state index is 14.6. The van der Waals surface area contributed by atoms with Gasteiger partial charge in [0.25, 0.3) is 0 Å². The standard InChI is InChI=1S/C14H12ClFN4O/c1-8-18-12(19-21-8)7-20(2)11-4-3-9-10(15)5-6-17-14(9)13(11)16/h3-6H,7H2,1-2H3. The van der Waals surface area contributed by atoms with Crippen molar-refractivity contribution in [1.29, 1.82) is 0 Å². The van der Waals surface area contributed by atoms with Crippen LogP contribution < -0.4 is 4.90 Å². The Morgan fingerprint density at radius 1 is 1.33 bits per heavy atom. The molecule has 5 nitrogen and oxygen atoms in total. The van der Waals surface area contributed by atoms with E-state index in [4.69, 9.17) is 16.1 Å². The zero-order valence-corrected chi connectivity index (χ0v) is 12.2. The van der Waals surface area contributed by atoms with Crippen molar-refractivity contribution in [2.45, 2.75) is 13.5 Å². The van der Waals surface area contributed by atoms with E-state index in [1.54, 1.807) is 37.1 Å². The van der Waals surface area contributed by atoms with E-state index in [1.165, 1.54) is 6.20 Å². The van der Waals surface area contributed by atoms with E-state index in [9.17, 15) is 4.39 Å². The Morgan fingerprint density at radius 2 is 2.14 bits per heavy atom. The highest BCUT2D eigenvalue weighted by atomic mass is 35.5. The van der Waals surface area contributed by atoms with Crippen molar-refractivity contribution in [3.8, 4) is 0 Å². The molecule has 0 aliphatic rings. The van der Waals surface area contributed by atoms with Gasteiger partial charge in [0.05, 0.1) is 17.3 Å². The molecular weight excluding hydrogens is 295 g/mol. The maximum atomic E-state index is 14.6. The molecule has 0 radical (unpaired) electrons. The van der Waals surface area contributed by atoms with Gasteiger partial charge in [-0.15, -0.1) is 0 Å². The minimum atomic E-state index is -0.419. The zero-order chi connectivity index (χ0) is 15.0. The van der Waals surface area contributed by atoms with Crippen LogP contribution in [-0.2, 0) is 6.54 Å². The molecule has 0 bridgehead atoms. The Balaban J connectivity index is 1.98. The second-order valence-corrected chi connectivity index (χ2v) is 5.08. The lowest BCUT2D eigenvalue weighted by atomic mass is 10.1. The Morgan fingerprint density at radius 3 is 2.86 bits per heavy atom. The molecule has 0 unspecified atom stereocenters. The molecular formula is C14H12ClFN4O. The van der Waals surface area contributed by atoms with Gasteiger partial charge in [0.2, 0.25) is 5.89 Å². The minimum absolute atomic E-state index is 0.246. The van der Waals surface area contributed by atoms with E-state index < -0.39 is 5.82 Å². The van der Waals surface area contributed by atoms with Crippen molar-refractivity contribution in [3.63, 3.8) is 0 Å². The van der Waals surface area contributed by atoms with Crippen molar-refractivity contribution in [2.24, 2.45) is 0 Å². The third-order valence-corrected chi connectivity index (χ3v) is 3.47. The van der Waals surface area contributed by atoms with Gasteiger partial charge >= 0.3 is 0 Å². The molecule has 0 fully saturated rings. The molecule has 3 aromatic rings. The van der Waals surface area contributed by atoms with Crippen LogP contribution in [0.1, 0.15) is 11.7 Å². The smallest absolute Gasteiger partial charge is 0.223 e. The van der Waals surface area contributed by atoms with Gasteiger partial charge in [0.15, 0.2) is 11.6 Å². The van der Waals surface area contributed by atoms with Crippen LogP contribution in [0, 0.1) is 12.7 Å². The van der Waals surface area contributed by atoms with E-state index in [0.29, 0.717) is 34.4 Å². The summed E-state index contributed by atoms with van der Waals surface area (Å²) in [6.45, 7) is 2.04. The van der Waals surface area contributed by atoms with E-state index in [1.807, 2.05) is 0 Å². The molecule has 0 atom stereocenters. The van der Waals surface area contributed by atoms with Crippen LogP contribution in [0.25, 0.3) is 10.9 Å². The highest BCUT2D eigenvalue weighted by Crippen LogP contribution is 2.29. The summed E-state index contributed by atoms with van der Waals surface area (Å²) >= 11 is 6.04. The molecule has 2 heterocycles. The molecule has 3 rings (SSSR count). The molecule has 0 spiro atoms. The molecule has 0 saturated heterocycles. The molecule has 0 aliphatic heterocycles. The Kier molecular flexibility index (Phi) is 3.47. The number of rotatable bonds is 3. The first-order valence-corrected chi connectivity index (χ1v) is 6.67. The average molecular weight is 307 g/mol. The summed E-state index contributed by atoms with van der Waals surface area (Å²) in [7, 11) is 1.75. The number of halogens is 2. The second kappa shape index (κ2) is 5.29. The van der Waals surface area contributed by atoms with Gasteiger partial charge < -0.3 is 9.42 Å². The fourth-order valence-corrected chi connectivity index (χ4v) is 2.35. The fourth-order valence-electron chi connectivity index (χ4n) is 2.14. The van der Waals surface area contributed by atoms with Crippen LogP contribution in [0.3, 0.4) is 0 Å². The highest BCUT2D eigenvalue weighted by Gasteiger charge is 2.15. The predicted molar refractivity (Wildman–Crippen MR) is 77.9 cm³/mol. The van der Waals surface area contributed by atoms with Gasteiger partial charge in [-0.05, 0) is 18.2 Å². The summed E-state index contributed by atoms with van der Waals surface area (Å²) in [6, 6.07) is 5.05. The molecule has 7 heteroatoms. The molecule has 0 saturated carbocycles. The van der Waals surface area contributed by atoms with Crippen LogP contribution in [0.15, 0.2) is 28.9 Å². The normalized spacial score (nSPS) is 11.0. The van der Waals surface area contributed by atoms with Crippen molar-refractivity contribution >= 4 is 28.2 Å². The molecule has 108 valence electrons. The maximum Gasteiger partial charge on any atom is 0.223 e. The first-order valence-electron chi connectivity index (χ1n) is 6.29. The summed E-state index contributed by atoms with van der Waals surface area (Å²) in [4.78, 5) is 9.86. The Hall–Kier alpha value is -2.21. The van der Waals surface area contributed by atoms with E-state index in [0.717, 1.165) is 0 Å². The number of fused-ring (bicyclic) bond motifs is 1. The van der Waals surface area contributed by atoms with Gasteiger partial charge in [0.1, 0.15) is 5.52 Å². The lowest BCUT2D eigenvalue weighted by Crippen LogP contribution is -2.18. The summed E-state index contributed by atoms with van der Waals surface area (Å²) < 4.78 is 19.5. The Labute approximate surface area is 125 Å². The lowest BCUT2D eigenvalue weighted by molar-refractivity contribution is 0.387. The van der Waals surface area contributed by atoms with Gasteiger partial charge in [-0.2, -0.15) is 4.98 Å². The van der Waals surface area contributed by atoms with Crippen molar-refractivity contribution < 1.29 is 8.91 Å². The third kappa shape index (κ3) is 2.54. The summed E-state index contributed by atoms with van der Waals surface area (Å²) in [6.07, 6.45) is 1.49. The third-order valence-electron chi connectivity index (χ3n) is 3.14. The number of hydrogen-bond donors (Lipinski definition) is 0. The number of benzene rings is 1. The molecule has 0 aliphatic carbocycles. The number of nitrogens with zero attached hydrogens (tertiary/aromatic N) is 4. The van der Waals surface area contributed by atoms with E-state index >= 15 is 0 Å². The van der Waals surface area contributed by atoms with Crippen molar-refractivity contribution in [2.75, 3.05) is 11.9 Å². The minimum Gasteiger partial charge on any atom is -0.364 e. The van der Waals surface area contributed by atoms with Crippen LogP contribution in [-0.4, -0.2) is 22.2 Å². The molecule has 1 aromatic carbocycles. The van der Waals surface area contributed by atoms with E-state index in [-0.39, 0.29) is 5.52 Å². The molecule has 21 heavy (non-hydrogen) atoms. The monoisotopic (exact) mass is 306 g/mol. The van der Waals surface area contributed by atoms with Crippen molar-refractivity contribution in [1.82, 2.24) is 15.1 Å². The van der Waals surface area contributed by atoms with Crippen LogP contribution in [0.5, 0.6) is 0 Å².